The fourth-order valence-corrected chi connectivity index (χ4v) is 3.03. The Kier molecular flexibility index (Phi) is 5.89. The molecule has 2 heterocycles. The molecule has 2 fully saturated rings. The van der Waals surface area contributed by atoms with Crippen LogP contribution in [0.5, 0.6) is 0 Å². The Bertz CT molecular complexity index is 231. The number of rotatable bonds is 7. The van der Waals surface area contributed by atoms with Gasteiger partial charge in [-0.1, -0.05) is 0 Å². The number of hydrogen-bond acceptors (Lipinski definition) is 4. The van der Waals surface area contributed by atoms with Crippen molar-refractivity contribution in [2.75, 3.05) is 66.6 Å². The van der Waals surface area contributed by atoms with Crippen molar-refractivity contribution in [2.45, 2.75) is 12.8 Å². The highest BCUT2D eigenvalue weighted by Gasteiger charge is 2.20. The Balaban J connectivity index is 1.48. The molecule has 0 radical (unpaired) electrons. The van der Waals surface area contributed by atoms with E-state index in [1.54, 1.807) is 0 Å². The van der Waals surface area contributed by atoms with E-state index >= 15 is 0 Å². The van der Waals surface area contributed by atoms with Crippen molar-refractivity contribution >= 4 is 0 Å². The maximum absolute atomic E-state index is 5.38. The lowest BCUT2D eigenvalue weighted by molar-refractivity contribution is 0.185. The third-order valence-electron chi connectivity index (χ3n) is 4.19. The molecule has 0 aromatic rings. The third kappa shape index (κ3) is 4.84. The molecule has 0 amide bonds. The van der Waals surface area contributed by atoms with Crippen molar-refractivity contribution in [3.63, 3.8) is 0 Å². The van der Waals surface area contributed by atoms with E-state index in [9.17, 15) is 0 Å². The van der Waals surface area contributed by atoms with E-state index < -0.39 is 0 Å². The number of hydrogen-bond donors (Lipinski definition) is 1. The molecule has 2 atom stereocenters. The van der Waals surface area contributed by atoms with Crippen LogP contribution in [-0.4, -0.2) is 76.4 Å². The van der Waals surface area contributed by atoms with Crippen molar-refractivity contribution in [1.82, 2.24) is 15.1 Å². The average Bonchev–Trinajstić information content (AvgIpc) is 2.96. The third-order valence-corrected chi connectivity index (χ3v) is 4.19. The molecule has 2 saturated heterocycles. The first-order valence-electron chi connectivity index (χ1n) is 7.39. The summed E-state index contributed by atoms with van der Waals surface area (Å²) in [5, 5.41) is 3.56. The summed E-state index contributed by atoms with van der Waals surface area (Å²) < 4.78 is 5.38. The van der Waals surface area contributed by atoms with Gasteiger partial charge < -0.3 is 19.9 Å². The maximum Gasteiger partial charge on any atom is 0.0507 e. The van der Waals surface area contributed by atoms with Crippen LogP contribution in [0.4, 0.5) is 0 Å². The van der Waals surface area contributed by atoms with Crippen molar-refractivity contribution in [3.05, 3.63) is 0 Å². The fourth-order valence-electron chi connectivity index (χ4n) is 3.03. The summed E-state index contributed by atoms with van der Waals surface area (Å²) in [5.41, 5.74) is 0. The molecule has 4 nitrogen and oxygen atoms in total. The minimum Gasteiger partial charge on any atom is -0.381 e. The fraction of sp³-hybridized carbons (Fsp3) is 1.00. The Morgan fingerprint density at radius 3 is 2.89 bits per heavy atom. The van der Waals surface area contributed by atoms with Crippen LogP contribution in [0.3, 0.4) is 0 Å². The summed E-state index contributed by atoms with van der Waals surface area (Å²) >= 11 is 0. The van der Waals surface area contributed by atoms with E-state index in [2.05, 4.69) is 29.2 Å². The molecule has 2 aliphatic rings. The van der Waals surface area contributed by atoms with E-state index in [1.807, 2.05) is 0 Å². The highest BCUT2D eigenvalue weighted by atomic mass is 16.5. The monoisotopic (exact) mass is 255 g/mol. The van der Waals surface area contributed by atoms with Gasteiger partial charge in [-0.2, -0.15) is 0 Å². The van der Waals surface area contributed by atoms with Crippen LogP contribution in [0.1, 0.15) is 12.8 Å². The zero-order chi connectivity index (χ0) is 12.8. The van der Waals surface area contributed by atoms with Crippen LogP contribution in [0, 0.1) is 11.8 Å². The molecule has 2 rings (SSSR count). The number of nitrogens with one attached hydrogen (secondary N) is 1. The summed E-state index contributed by atoms with van der Waals surface area (Å²) in [7, 11) is 4.48. The van der Waals surface area contributed by atoms with E-state index in [0.29, 0.717) is 0 Å². The first kappa shape index (κ1) is 14.3. The molecule has 0 aromatic carbocycles. The molecule has 0 saturated carbocycles. The molecular formula is C14H29N3O. The standard InChI is InChI=1S/C14H29N3O/c1-16-6-3-14(10-16)11-17(2)7-5-15-9-13-4-8-18-12-13/h13-15H,3-12H2,1-2H3. The van der Waals surface area contributed by atoms with E-state index in [-0.39, 0.29) is 0 Å². The van der Waals surface area contributed by atoms with Gasteiger partial charge in [-0.25, -0.2) is 0 Å². The number of nitrogens with zero attached hydrogens (tertiary/aromatic N) is 2. The Morgan fingerprint density at radius 1 is 1.33 bits per heavy atom. The summed E-state index contributed by atoms with van der Waals surface area (Å²) in [6, 6.07) is 0. The Morgan fingerprint density at radius 2 is 2.22 bits per heavy atom. The van der Waals surface area contributed by atoms with Crippen molar-refractivity contribution in [3.8, 4) is 0 Å². The molecule has 0 spiro atoms. The highest BCUT2D eigenvalue weighted by Crippen LogP contribution is 2.14. The Labute approximate surface area is 112 Å². The van der Waals surface area contributed by atoms with Crippen molar-refractivity contribution < 1.29 is 4.74 Å². The predicted molar refractivity (Wildman–Crippen MR) is 74.9 cm³/mol. The molecule has 0 bridgehead atoms. The first-order chi connectivity index (χ1) is 8.74. The van der Waals surface area contributed by atoms with Crippen LogP contribution >= 0.6 is 0 Å². The van der Waals surface area contributed by atoms with Gasteiger partial charge in [0.2, 0.25) is 0 Å². The molecule has 2 unspecified atom stereocenters. The topological polar surface area (TPSA) is 27.7 Å². The molecule has 4 heteroatoms. The molecule has 2 aliphatic heterocycles. The summed E-state index contributed by atoms with van der Waals surface area (Å²) in [5.74, 6) is 1.63. The zero-order valence-corrected chi connectivity index (χ0v) is 12.0. The van der Waals surface area contributed by atoms with Crippen LogP contribution < -0.4 is 5.32 Å². The van der Waals surface area contributed by atoms with E-state index in [1.165, 1.54) is 32.5 Å². The minimum atomic E-state index is 0.749. The van der Waals surface area contributed by atoms with Gasteiger partial charge in [-0.05, 0) is 45.3 Å². The van der Waals surface area contributed by atoms with Gasteiger partial charge in [0.05, 0.1) is 6.61 Å². The number of likely N-dealkylation sites (N-methyl/N-ethyl adjacent to an activating group) is 1. The number of ether oxygens (including phenoxy) is 1. The van der Waals surface area contributed by atoms with Crippen LogP contribution in [0.2, 0.25) is 0 Å². The average molecular weight is 255 g/mol. The normalized spacial score (nSPS) is 29.5. The lowest BCUT2D eigenvalue weighted by Crippen LogP contribution is -2.35. The van der Waals surface area contributed by atoms with Gasteiger partial charge in [-0.3, -0.25) is 0 Å². The van der Waals surface area contributed by atoms with Crippen molar-refractivity contribution in [2.24, 2.45) is 11.8 Å². The van der Waals surface area contributed by atoms with Gasteiger partial charge in [0.15, 0.2) is 0 Å². The summed E-state index contributed by atoms with van der Waals surface area (Å²) in [6.07, 6.45) is 2.60. The van der Waals surface area contributed by atoms with Gasteiger partial charge in [-0.15, -0.1) is 0 Å². The molecule has 106 valence electrons. The lowest BCUT2D eigenvalue weighted by Gasteiger charge is -2.21. The minimum absolute atomic E-state index is 0.749. The molecule has 0 aromatic heterocycles. The van der Waals surface area contributed by atoms with Gasteiger partial charge in [0, 0.05) is 39.3 Å². The van der Waals surface area contributed by atoms with E-state index in [4.69, 9.17) is 4.74 Å². The Hall–Kier alpha value is -0.160. The maximum atomic E-state index is 5.38. The molecule has 18 heavy (non-hydrogen) atoms. The van der Waals surface area contributed by atoms with Gasteiger partial charge in [0.1, 0.15) is 0 Å². The van der Waals surface area contributed by atoms with E-state index in [0.717, 1.165) is 44.7 Å². The van der Waals surface area contributed by atoms with Crippen LogP contribution in [0.15, 0.2) is 0 Å². The van der Waals surface area contributed by atoms with Crippen molar-refractivity contribution in [1.29, 1.82) is 0 Å². The molecule has 1 N–H and O–H groups in total. The van der Waals surface area contributed by atoms with Crippen LogP contribution in [-0.2, 0) is 4.74 Å². The SMILES string of the molecule is CN(CCNCC1CCOC1)CC1CCN(C)C1. The lowest BCUT2D eigenvalue weighted by atomic mass is 10.1. The quantitative estimate of drug-likeness (QED) is 0.670. The molecular weight excluding hydrogens is 226 g/mol. The van der Waals surface area contributed by atoms with Crippen LogP contribution in [0.25, 0.3) is 0 Å². The largest absolute Gasteiger partial charge is 0.381 e. The zero-order valence-electron chi connectivity index (χ0n) is 12.0. The second kappa shape index (κ2) is 7.43. The smallest absolute Gasteiger partial charge is 0.0507 e. The second-order valence-electron chi connectivity index (χ2n) is 6.11. The second-order valence-corrected chi connectivity index (χ2v) is 6.11. The summed E-state index contributed by atoms with van der Waals surface area (Å²) in [4.78, 5) is 4.92. The van der Waals surface area contributed by atoms with Gasteiger partial charge in [0.25, 0.3) is 0 Å². The predicted octanol–water partition coefficient (Wildman–Crippen LogP) is 0.496. The number of likely N-dealkylation sites (tertiary alicyclic amines) is 1. The highest BCUT2D eigenvalue weighted by molar-refractivity contribution is 4.75. The summed E-state index contributed by atoms with van der Waals surface area (Å²) in [6.45, 7) is 9.11. The first-order valence-corrected chi connectivity index (χ1v) is 7.39. The van der Waals surface area contributed by atoms with Gasteiger partial charge >= 0.3 is 0 Å². The molecule has 0 aliphatic carbocycles.